The van der Waals surface area contributed by atoms with Crippen LogP contribution in [0.4, 0.5) is 0 Å². The maximum Gasteiger partial charge on any atom is 0.225 e. The summed E-state index contributed by atoms with van der Waals surface area (Å²) in [4.78, 5) is 11.4. The van der Waals surface area contributed by atoms with Gasteiger partial charge in [0.1, 0.15) is 0 Å². The molecule has 2 N–H and O–H groups in total. The van der Waals surface area contributed by atoms with E-state index in [1.807, 2.05) is 6.92 Å². The summed E-state index contributed by atoms with van der Waals surface area (Å²) < 4.78 is 0. The molecule has 0 rings (SSSR count). The molecule has 0 aliphatic rings. The fourth-order valence-corrected chi connectivity index (χ4v) is 0.894. The first-order chi connectivity index (χ1) is 5.90. The van der Waals surface area contributed by atoms with Gasteiger partial charge in [0, 0.05) is 6.54 Å². The topological polar surface area (TPSA) is 49.3 Å². The molecule has 78 valence electrons. The van der Waals surface area contributed by atoms with E-state index in [1.165, 1.54) is 0 Å². The molecule has 0 aromatic heterocycles. The van der Waals surface area contributed by atoms with Crippen molar-refractivity contribution in [2.24, 2.45) is 11.3 Å². The molecule has 1 unspecified atom stereocenters. The van der Waals surface area contributed by atoms with Crippen LogP contribution in [0.25, 0.3) is 0 Å². The number of amides is 1. The van der Waals surface area contributed by atoms with E-state index >= 15 is 0 Å². The van der Waals surface area contributed by atoms with Crippen molar-refractivity contribution in [3.63, 3.8) is 0 Å². The van der Waals surface area contributed by atoms with Gasteiger partial charge in [0.2, 0.25) is 5.91 Å². The van der Waals surface area contributed by atoms with E-state index in [-0.39, 0.29) is 23.8 Å². The molecule has 0 fully saturated rings. The standard InChI is InChI=1S/C10H21NO2/c1-5-8(6-12)9(13)11-7-10(2,3)4/h8,12H,5-7H2,1-4H3,(H,11,13). The molecular weight excluding hydrogens is 166 g/mol. The molecule has 0 aliphatic carbocycles. The molecule has 0 aliphatic heterocycles. The lowest BCUT2D eigenvalue weighted by Gasteiger charge is -2.20. The number of carbonyl (C=O) groups excluding carboxylic acids is 1. The third kappa shape index (κ3) is 5.64. The highest BCUT2D eigenvalue weighted by molar-refractivity contribution is 5.78. The van der Waals surface area contributed by atoms with E-state index in [4.69, 9.17) is 5.11 Å². The first-order valence-electron chi connectivity index (χ1n) is 4.79. The summed E-state index contributed by atoms with van der Waals surface area (Å²) in [6.45, 7) is 8.68. The Kier molecular flexibility index (Phi) is 4.99. The van der Waals surface area contributed by atoms with Crippen LogP contribution in [0.3, 0.4) is 0 Å². The van der Waals surface area contributed by atoms with Gasteiger partial charge < -0.3 is 10.4 Å². The fourth-order valence-electron chi connectivity index (χ4n) is 0.894. The zero-order valence-electron chi connectivity index (χ0n) is 9.05. The SMILES string of the molecule is CCC(CO)C(=O)NCC(C)(C)C. The molecule has 13 heavy (non-hydrogen) atoms. The average molecular weight is 187 g/mol. The number of nitrogens with one attached hydrogen (secondary N) is 1. The number of aliphatic hydroxyl groups is 1. The second-order valence-electron chi connectivity index (χ2n) is 4.57. The molecule has 0 bridgehead atoms. The highest BCUT2D eigenvalue weighted by atomic mass is 16.3. The van der Waals surface area contributed by atoms with Crippen LogP contribution in [0.1, 0.15) is 34.1 Å². The maximum absolute atomic E-state index is 11.4. The van der Waals surface area contributed by atoms with E-state index in [1.54, 1.807) is 0 Å². The maximum atomic E-state index is 11.4. The van der Waals surface area contributed by atoms with Gasteiger partial charge in [-0.25, -0.2) is 0 Å². The van der Waals surface area contributed by atoms with Gasteiger partial charge in [0.05, 0.1) is 12.5 Å². The highest BCUT2D eigenvalue weighted by Gasteiger charge is 2.17. The predicted octanol–water partition coefficient (Wildman–Crippen LogP) is 1.17. The van der Waals surface area contributed by atoms with Gasteiger partial charge in [0.25, 0.3) is 0 Å². The number of rotatable bonds is 4. The van der Waals surface area contributed by atoms with Gasteiger partial charge in [-0.1, -0.05) is 27.7 Å². The molecule has 3 heteroatoms. The largest absolute Gasteiger partial charge is 0.396 e. The average Bonchev–Trinajstić information content (AvgIpc) is 2.02. The summed E-state index contributed by atoms with van der Waals surface area (Å²) >= 11 is 0. The van der Waals surface area contributed by atoms with Crippen LogP contribution in [0.15, 0.2) is 0 Å². The minimum absolute atomic E-state index is 0.0417. The van der Waals surface area contributed by atoms with Crippen molar-refractivity contribution < 1.29 is 9.90 Å². The summed E-state index contributed by atoms with van der Waals surface area (Å²) in [6, 6.07) is 0. The Hall–Kier alpha value is -0.570. The van der Waals surface area contributed by atoms with E-state index in [2.05, 4.69) is 26.1 Å². The van der Waals surface area contributed by atoms with Crippen LogP contribution < -0.4 is 5.32 Å². The van der Waals surface area contributed by atoms with E-state index in [0.29, 0.717) is 13.0 Å². The van der Waals surface area contributed by atoms with Crippen LogP contribution in [0.5, 0.6) is 0 Å². The lowest BCUT2D eigenvalue weighted by atomic mass is 9.96. The molecule has 0 heterocycles. The second-order valence-corrected chi connectivity index (χ2v) is 4.57. The van der Waals surface area contributed by atoms with Gasteiger partial charge in [-0.3, -0.25) is 4.79 Å². The summed E-state index contributed by atoms with van der Waals surface area (Å²) in [7, 11) is 0. The molecular formula is C10H21NO2. The minimum atomic E-state index is -0.248. The van der Waals surface area contributed by atoms with Gasteiger partial charge in [0.15, 0.2) is 0 Å². The molecule has 0 saturated heterocycles. The van der Waals surface area contributed by atoms with E-state index in [9.17, 15) is 4.79 Å². The minimum Gasteiger partial charge on any atom is -0.396 e. The number of hydrogen-bond acceptors (Lipinski definition) is 2. The Morgan fingerprint density at radius 2 is 2.00 bits per heavy atom. The molecule has 1 atom stereocenters. The number of aliphatic hydroxyl groups excluding tert-OH is 1. The molecule has 1 amide bonds. The smallest absolute Gasteiger partial charge is 0.225 e. The molecule has 0 radical (unpaired) electrons. The van der Waals surface area contributed by atoms with Crippen molar-refractivity contribution in [1.29, 1.82) is 0 Å². The van der Waals surface area contributed by atoms with Crippen molar-refractivity contribution >= 4 is 5.91 Å². The normalized spacial score (nSPS) is 13.9. The van der Waals surface area contributed by atoms with Crippen molar-refractivity contribution in [2.45, 2.75) is 34.1 Å². The molecule has 3 nitrogen and oxygen atoms in total. The Labute approximate surface area is 80.5 Å². The van der Waals surface area contributed by atoms with Crippen molar-refractivity contribution in [2.75, 3.05) is 13.2 Å². The number of hydrogen-bond donors (Lipinski definition) is 2. The van der Waals surface area contributed by atoms with Gasteiger partial charge in [-0.15, -0.1) is 0 Å². The van der Waals surface area contributed by atoms with Crippen LogP contribution in [0.2, 0.25) is 0 Å². The molecule has 0 spiro atoms. The Morgan fingerprint density at radius 1 is 1.46 bits per heavy atom. The summed E-state index contributed by atoms with van der Waals surface area (Å²) in [5.41, 5.74) is 0.101. The van der Waals surface area contributed by atoms with Crippen molar-refractivity contribution in [1.82, 2.24) is 5.32 Å². The van der Waals surface area contributed by atoms with Crippen LogP contribution in [0, 0.1) is 11.3 Å². The zero-order chi connectivity index (χ0) is 10.5. The Bertz CT molecular complexity index is 157. The Morgan fingerprint density at radius 3 is 2.31 bits per heavy atom. The lowest BCUT2D eigenvalue weighted by Crippen LogP contribution is -2.37. The zero-order valence-corrected chi connectivity index (χ0v) is 9.05. The first kappa shape index (κ1) is 12.4. The summed E-state index contributed by atoms with van der Waals surface area (Å²) in [5.74, 6) is -0.290. The van der Waals surface area contributed by atoms with Gasteiger partial charge in [-0.05, 0) is 11.8 Å². The fraction of sp³-hybridized carbons (Fsp3) is 0.900. The van der Waals surface area contributed by atoms with Crippen LogP contribution in [-0.2, 0) is 4.79 Å². The van der Waals surface area contributed by atoms with Crippen molar-refractivity contribution in [3.05, 3.63) is 0 Å². The summed E-state index contributed by atoms with van der Waals surface area (Å²) in [6.07, 6.45) is 0.687. The first-order valence-corrected chi connectivity index (χ1v) is 4.79. The lowest BCUT2D eigenvalue weighted by molar-refractivity contribution is -0.126. The van der Waals surface area contributed by atoms with Crippen LogP contribution >= 0.6 is 0 Å². The summed E-state index contributed by atoms with van der Waals surface area (Å²) in [5, 5.41) is 11.7. The third-order valence-electron chi connectivity index (χ3n) is 1.88. The van der Waals surface area contributed by atoms with Gasteiger partial charge in [-0.2, -0.15) is 0 Å². The van der Waals surface area contributed by atoms with Crippen molar-refractivity contribution in [3.8, 4) is 0 Å². The third-order valence-corrected chi connectivity index (χ3v) is 1.88. The molecule has 0 aromatic rings. The monoisotopic (exact) mass is 187 g/mol. The molecule has 0 aromatic carbocycles. The van der Waals surface area contributed by atoms with Gasteiger partial charge >= 0.3 is 0 Å². The Balaban J connectivity index is 3.86. The second kappa shape index (κ2) is 5.22. The van der Waals surface area contributed by atoms with Crippen LogP contribution in [-0.4, -0.2) is 24.2 Å². The highest BCUT2D eigenvalue weighted by Crippen LogP contribution is 2.11. The quantitative estimate of drug-likeness (QED) is 0.694. The van der Waals surface area contributed by atoms with E-state index < -0.39 is 0 Å². The van der Waals surface area contributed by atoms with E-state index in [0.717, 1.165) is 0 Å². The molecule has 0 saturated carbocycles. The predicted molar refractivity (Wildman–Crippen MR) is 53.3 cm³/mol. The number of carbonyl (C=O) groups is 1.